The molecule has 0 aliphatic carbocycles. The summed E-state index contributed by atoms with van der Waals surface area (Å²) in [5, 5.41) is 17.3. The van der Waals surface area contributed by atoms with Crippen LogP contribution >= 0.6 is 35.3 Å². The monoisotopic (exact) mass is 483 g/mol. The topological polar surface area (TPSA) is 90.8 Å². The van der Waals surface area contributed by atoms with Crippen LogP contribution in [-0.4, -0.2) is 51.6 Å². The Kier molecular flexibility index (Phi) is 8.40. The van der Waals surface area contributed by atoms with E-state index in [0.717, 1.165) is 15.0 Å². The number of aliphatic imine (C=N–C) groups is 1. The lowest BCUT2D eigenvalue weighted by Crippen LogP contribution is -2.41. The highest BCUT2D eigenvalue weighted by Gasteiger charge is 2.12. The first-order chi connectivity index (χ1) is 10.9. The molecule has 0 radical (unpaired) electrons. The van der Waals surface area contributed by atoms with Crippen molar-refractivity contribution in [2.45, 2.75) is 6.10 Å². The first-order valence-electron chi connectivity index (χ1n) is 7.18. The fourth-order valence-electron chi connectivity index (χ4n) is 2.04. The maximum atomic E-state index is 11.1. The van der Waals surface area contributed by atoms with Crippen LogP contribution in [0.2, 0.25) is 0 Å². The van der Waals surface area contributed by atoms with Crippen LogP contribution < -0.4 is 10.6 Å². The summed E-state index contributed by atoms with van der Waals surface area (Å²) in [5.74, 6) is 0.501. The Morgan fingerprint density at radius 3 is 2.67 bits per heavy atom. The molecule has 1 unspecified atom stereocenters. The third kappa shape index (κ3) is 6.54. The number of fused-ring (bicyclic) bond motifs is 1. The minimum absolute atomic E-state index is 0. The van der Waals surface area contributed by atoms with Crippen molar-refractivity contribution in [3.8, 4) is 0 Å². The molecule has 2 aromatic rings. The Morgan fingerprint density at radius 2 is 2.04 bits per heavy atom. The van der Waals surface area contributed by atoms with Crippen LogP contribution in [0.1, 0.15) is 11.0 Å². The summed E-state index contributed by atoms with van der Waals surface area (Å²) in [6.45, 7) is 0.572. The van der Waals surface area contributed by atoms with Gasteiger partial charge in [-0.05, 0) is 17.5 Å². The summed E-state index contributed by atoms with van der Waals surface area (Å²) < 4.78 is 23.3. The largest absolute Gasteiger partial charge is 0.386 e. The molecular weight excluding hydrogens is 461 g/mol. The highest BCUT2D eigenvalue weighted by atomic mass is 127. The number of rotatable bonds is 6. The van der Waals surface area contributed by atoms with Gasteiger partial charge in [-0.15, -0.1) is 35.3 Å². The van der Waals surface area contributed by atoms with Crippen LogP contribution in [0.3, 0.4) is 0 Å². The molecule has 0 fully saturated rings. The van der Waals surface area contributed by atoms with Gasteiger partial charge in [-0.3, -0.25) is 4.99 Å². The molecule has 3 N–H and O–H groups in total. The van der Waals surface area contributed by atoms with Crippen molar-refractivity contribution in [2.75, 3.05) is 32.1 Å². The summed E-state index contributed by atoms with van der Waals surface area (Å²) in [7, 11) is -1.41. The SMILES string of the molecule is CN=C(NCCS(C)(=O)=O)NCC(O)c1cc2ccccc2s1.I. The molecule has 0 aliphatic rings. The van der Waals surface area contributed by atoms with Gasteiger partial charge in [0, 0.05) is 36.0 Å². The molecule has 1 aromatic heterocycles. The van der Waals surface area contributed by atoms with Crippen LogP contribution in [0.25, 0.3) is 10.1 Å². The number of thiophene rings is 1. The highest BCUT2D eigenvalue weighted by molar-refractivity contribution is 14.0. The molecule has 2 rings (SSSR count). The fourth-order valence-corrected chi connectivity index (χ4v) is 3.56. The van der Waals surface area contributed by atoms with Gasteiger partial charge in [0.15, 0.2) is 5.96 Å². The van der Waals surface area contributed by atoms with Crippen molar-refractivity contribution < 1.29 is 13.5 Å². The standard InChI is InChI=1S/C15H21N3O3S2.HI/c1-16-15(17-7-8-23(2,20)21)18-10-12(19)14-9-11-5-3-4-6-13(11)22-14;/h3-6,9,12,19H,7-8,10H2,1-2H3,(H2,16,17,18);1H. The average Bonchev–Trinajstić information content (AvgIpc) is 2.93. The zero-order chi connectivity index (χ0) is 16.9. The van der Waals surface area contributed by atoms with Crippen LogP contribution in [0.4, 0.5) is 0 Å². The number of aliphatic hydroxyl groups excluding tert-OH is 1. The zero-order valence-electron chi connectivity index (χ0n) is 13.5. The summed E-state index contributed by atoms with van der Waals surface area (Å²) in [6, 6.07) is 9.96. The normalized spacial score (nSPS) is 13.4. The molecule has 9 heteroatoms. The zero-order valence-corrected chi connectivity index (χ0v) is 17.5. The van der Waals surface area contributed by atoms with Crippen molar-refractivity contribution in [3.05, 3.63) is 35.2 Å². The van der Waals surface area contributed by atoms with Gasteiger partial charge in [0.05, 0.1) is 5.75 Å². The molecule has 0 saturated carbocycles. The molecule has 0 amide bonds. The number of nitrogens with zero attached hydrogens (tertiary/aromatic N) is 1. The van der Waals surface area contributed by atoms with Crippen LogP contribution in [0.15, 0.2) is 35.3 Å². The maximum absolute atomic E-state index is 11.1. The molecule has 1 heterocycles. The van der Waals surface area contributed by atoms with Gasteiger partial charge in [-0.2, -0.15) is 0 Å². The van der Waals surface area contributed by atoms with Crippen molar-refractivity contribution in [2.24, 2.45) is 4.99 Å². The van der Waals surface area contributed by atoms with Gasteiger partial charge in [-0.1, -0.05) is 18.2 Å². The van der Waals surface area contributed by atoms with Crippen LogP contribution in [0, 0.1) is 0 Å². The number of nitrogens with one attached hydrogen (secondary N) is 2. The fraction of sp³-hybridized carbons (Fsp3) is 0.400. The second-order valence-electron chi connectivity index (χ2n) is 5.21. The quantitative estimate of drug-likeness (QED) is 0.331. The third-order valence-electron chi connectivity index (χ3n) is 3.22. The minimum atomic E-state index is -3.01. The van der Waals surface area contributed by atoms with Gasteiger partial charge in [-0.25, -0.2) is 8.42 Å². The number of guanidine groups is 1. The Balaban J connectivity index is 0.00000288. The van der Waals surface area contributed by atoms with E-state index in [2.05, 4.69) is 15.6 Å². The van der Waals surface area contributed by atoms with E-state index in [-0.39, 0.29) is 36.3 Å². The third-order valence-corrected chi connectivity index (χ3v) is 5.39. The molecule has 1 atom stereocenters. The van der Waals surface area contributed by atoms with Gasteiger partial charge in [0.2, 0.25) is 0 Å². The Morgan fingerprint density at radius 1 is 1.33 bits per heavy atom. The van der Waals surface area contributed by atoms with Crippen molar-refractivity contribution in [3.63, 3.8) is 0 Å². The van der Waals surface area contributed by atoms with Crippen molar-refractivity contribution >= 4 is 61.2 Å². The van der Waals surface area contributed by atoms with Gasteiger partial charge in [0.1, 0.15) is 15.9 Å². The van der Waals surface area contributed by atoms with E-state index in [0.29, 0.717) is 12.5 Å². The molecule has 0 saturated heterocycles. The second kappa shape index (κ2) is 9.54. The lowest BCUT2D eigenvalue weighted by molar-refractivity contribution is 0.184. The van der Waals surface area contributed by atoms with E-state index in [1.165, 1.54) is 6.26 Å². The maximum Gasteiger partial charge on any atom is 0.191 e. The molecule has 1 aromatic carbocycles. The lowest BCUT2D eigenvalue weighted by atomic mass is 10.2. The van der Waals surface area contributed by atoms with Crippen LogP contribution in [0.5, 0.6) is 0 Å². The number of sulfone groups is 1. The van der Waals surface area contributed by atoms with Crippen LogP contribution in [-0.2, 0) is 9.84 Å². The van der Waals surface area contributed by atoms with E-state index in [9.17, 15) is 13.5 Å². The first kappa shape index (κ1) is 21.1. The van der Waals surface area contributed by atoms with Gasteiger partial charge < -0.3 is 15.7 Å². The smallest absolute Gasteiger partial charge is 0.191 e. The summed E-state index contributed by atoms with van der Waals surface area (Å²) >= 11 is 1.56. The summed E-state index contributed by atoms with van der Waals surface area (Å²) in [4.78, 5) is 4.89. The molecule has 0 spiro atoms. The van der Waals surface area contributed by atoms with E-state index >= 15 is 0 Å². The van der Waals surface area contributed by atoms with E-state index in [1.807, 2.05) is 30.3 Å². The first-order valence-corrected chi connectivity index (χ1v) is 10.1. The molecule has 0 bridgehead atoms. The number of halogens is 1. The summed E-state index contributed by atoms with van der Waals surface area (Å²) in [6.07, 6.45) is 0.539. The Labute approximate surface area is 163 Å². The molecule has 24 heavy (non-hydrogen) atoms. The van der Waals surface area contributed by atoms with Gasteiger partial charge in [0.25, 0.3) is 0 Å². The molecular formula is C15H22IN3O3S2. The number of hydrogen-bond acceptors (Lipinski definition) is 5. The van der Waals surface area contributed by atoms with E-state index < -0.39 is 15.9 Å². The second-order valence-corrected chi connectivity index (χ2v) is 8.59. The summed E-state index contributed by atoms with van der Waals surface area (Å²) in [5.41, 5.74) is 0. The number of benzene rings is 1. The molecule has 134 valence electrons. The predicted octanol–water partition coefficient (Wildman–Crippen LogP) is 1.76. The van der Waals surface area contributed by atoms with Crippen molar-refractivity contribution in [1.29, 1.82) is 0 Å². The highest BCUT2D eigenvalue weighted by Crippen LogP contribution is 2.29. The number of hydrogen-bond donors (Lipinski definition) is 3. The Hall–Kier alpha value is -0.910. The average molecular weight is 483 g/mol. The van der Waals surface area contributed by atoms with Gasteiger partial charge >= 0.3 is 0 Å². The van der Waals surface area contributed by atoms with E-state index in [1.54, 1.807) is 18.4 Å². The molecule has 6 nitrogen and oxygen atoms in total. The molecule has 0 aliphatic heterocycles. The number of aliphatic hydroxyl groups is 1. The lowest BCUT2D eigenvalue weighted by Gasteiger charge is -2.14. The van der Waals surface area contributed by atoms with E-state index in [4.69, 9.17) is 0 Å². The Bertz CT molecular complexity index is 757. The van der Waals surface area contributed by atoms with Crippen molar-refractivity contribution in [1.82, 2.24) is 10.6 Å². The predicted molar refractivity (Wildman–Crippen MR) is 111 cm³/mol. The minimum Gasteiger partial charge on any atom is -0.386 e.